The normalized spacial score (nSPS) is 13.6. The molecule has 0 aliphatic heterocycles. The molecule has 0 unspecified atom stereocenters. The topological polar surface area (TPSA) is 83.5 Å². The molecule has 0 spiro atoms. The van der Waals surface area contributed by atoms with E-state index in [-0.39, 0.29) is 0 Å². The summed E-state index contributed by atoms with van der Waals surface area (Å²) >= 11 is 1.35. The molecule has 1 saturated carbocycles. The van der Waals surface area contributed by atoms with Crippen LogP contribution in [-0.4, -0.2) is 55.8 Å². The van der Waals surface area contributed by atoms with Crippen molar-refractivity contribution in [3.05, 3.63) is 59.9 Å². The van der Waals surface area contributed by atoms with E-state index in [9.17, 15) is 0 Å². The molecule has 2 aromatic carbocycles. The van der Waals surface area contributed by atoms with E-state index in [0.717, 1.165) is 65.1 Å². The van der Waals surface area contributed by atoms with Gasteiger partial charge < -0.3 is 9.67 Å². The number of tetrazole rings is 1. The molecule has 7 nitrogen and oxygen atoms in total. The van der Waals surface area contributed by atoms with Crippen molar-refractivity contribution in [3.63, 3.8) is 0 Å². The minimum absolute atomic E-state index is 0.543. The van der Waals surface area contributed by atoms with E-state index < -0.39 is 19.8 Å². The fourth-order valence-corrected chi connectivity index (χ4v) is 5.95. The van der Waals surface area contributed by atoms with Crippen molar-refractivity contribution in [3.8, 4) is 22.5 Å². The van der Waals surface area contributed by atoms with E-state index in [1.54, 1.807) is 0 Å². The zero-order valence-electron chi connectivity index (χ0n) is 23.8. The first kappa shape index (κ1) is 29.8. The summed E-state index contributed by atoms with van der Waals surface area (Å²) in [5.41, 5.74) is 4.38. The van der Waals surface area contributed by atoms with E-state index in [2.05, 4.69) is 87.5 Å². The van der Waals surface area contributed by atoms with Gasteiger partial charge in [0.15, 0.2) is 5.16 Å². The van der Waals surface area contributed by atoms with Crippen LogP contribution in [0.5, 0.6) is 0 Å². The van der Waals surface area contributed by atoms with Gasteiger partial charge in [-0.05, 0) is 47.4 Å². The molecule has 1 aliphatic rings. The maximum absolute atomic E-state index is 4.61. The van der Waals surface area contributed by atoms with Crippen molar-refractivity contribution in [2.45, 2.75) is 84.8 Å². The molecule has 5 rings (SSSR count). The summed E-state index contributed by atoms with van der Waals surface area (Å²) in [7, 11) is 0. The van der Waals surface area contributed by atoms with E-state index in [0.29, 0.717) is 5.82 Å². The first-order chi connectivity index (χ1) is 19.0. The Bertz CT molecular complexity index is 1250. The van der Waals surface area contributed by atoms with Gasteiger partial charge in [-0.3, -0.25) is 10.3 Å². The van der Waals surface area contributed by atoms with Gasteiger partial charge in [-0.15, -0.1) is 10.2 Å². The third kappa shape index (κ3) is 8.90. The van der Waals surface area contributed by atoms with Crippen LogP contribution in [0.4, 0.5) is 0 Å². The molecule has 9 heteroatoms. The third-order valence-corrected chi connectivity index (χ3v) is 8.01. The number of hydrogen-bond acceptors (Lipinski definition) is 6. The zero-order chi connectivity index (χ0) is 27.5. The van der Waals surface area contributed by atoms with Crippen molar-refractivity contribution in [2.24, 2.45) is 5.92 Å². The van der Waals surface area contributed by atoms with Crippen LogP contribution < -0.4 is 5.10 Å². The predicted octanol–water partition coefficient (Wildman–Crippen LogP) is 7.19. The molecule has 1 aliphatic carbocycles. The van der Waals surface area contributed by atoms with E-state index in [1.807, 2.05) is 30.0 Å². The second-order valence-electron chi connectivity index (χ2n) is 10.8. The van der Waals surface area contributed by atoms with Crippen molar-refractivity contribution >= 4 is 31.5 Å². The van der Waals surface area contributed by atoms with Crippen molar-refractivity contribution in [1.29, 1.82) is 0 Å². The summed E-state index contributed by atoms with van der Waals surface area (Å²) in [5.74, 6) is 3.61. The number of hydrogen-bond donors (Lipinski definition) is 0. The number of rotatable bonds is 10. The Balaban J connectivity index is 0.000000826. The fourth-order valence-electron chi connectivity index (χ4n) is 4.81. The number of aryl methyl sites for hydroxylation is 1. The van der Waals surface area contributed by atoms with Gasteiger partial charge in [-0.1, -0.05) is 92.9 Å². The Labute approximate surface area is 244 Å². The molecule has 39 heavy (non-hydrogen) atoms. The second kappa shape index (κ2) is 15.6. The van der Waals surface area contributed by atoms with Crippen LogP contribution in [-0.2, 0) is 13.0 Å². The molecule has 0 bridgehead atoms. The SMILES string of the molecule is CCCCc1nnc(SCC2CCCCC2)n1Cc1ccc(-c2ccccc2-c2nnn[n-]2)cc1.[CH3][Sn+]([CH3])[CH3]. The molecule has 0 N–H and O–H groups in total. The maximum atomic E-state index is 4.61. The molecule has 0 amide bonds. The quantitative estimate of drug-likeness (QED) is 0.133. The van der Waals surface area contributed by atoms with E-state index in [4.69, 9.17) is 0 Å². The van der Waals surface area contributed by atoms with Crippen molar-refractivity contribution in [1.82, 2.24) is 35.4 Å². The minimum atomic E-state index is -0.543. The number of nitrogens with zero attached hydrogens (tertiary/aromatic N) is 7. The van der Waals surface area contributed by atoms with Gasteiger partial charge in [0.25, 0.3) is 0 Å². The van der Waals surface area contributed by atoms with Crippen molar-refractivity contribution < 1.29 is 0 Å². The van der Waals surface area contributed by atoms with Crippen LogP contribution in [0.2, 0.25) is 14.8 Å². The summed E-state index contributed by atoms with van der Waals surface area (Å²) in [4.78, 5) is 7.09. The van der Waals surface area contributed by atoms with Gasteiger partial charge in [0.2, 0.25) is 0 Å². The monoisotopic (exact) mass is 651 g/mol. The van der Waals surface area contributed by atoms with Gasteiger partial charge >= 0.3 is 34.6 Å². The van der Waals surface area contributed by atoms with Crippen LogP contribution in [0.25, 0.3) is 22.5 Å². The molecule has 0 saturated heterocycles. The van der Waals surface area contributed by atoms with Gasteiger partial charge in [-0.2, -0.15) is 5.21 Å². The molecule has 206 valence electrons. The summed E-state index contributed by atoms with van der Waals surface area (Å²) in [6, 6.07) is 16.9. The predicted molar refractivity (Wildman–Crippen MR) is 162 cm³/mol. The van der Waals surface area contributed by atoms with Gasteiger partial charge in [0, 0.05) is 18.0 Å². The fraction of sp³-hybridized carbons (Fsp3) is 0.500. The molecule has 4 aromatic rings. The van der Waals surface area contributed by atoms with Crippen LogP contribution in [0.1, 0.15) is 63.3 Å². The van der Waals surface area contributed by atoms with Gasteiger partial charge in [-0.25, -0.2) is 0 Å². The second-order valence-corrected chi connectivity index (χ2v) is 20.4. The van der Waals surface area contributed by atoms with Crippen LogP contribution in [0.15, 0.2) is 53.7 Å². The Hall–Kier alpha value is -2.20. The average Bonchev–Trinajstić information content (AvgIpc) is 3.62. The first-order valence-electron chi connectivity index (χ1n) is 14.2. The van der Waals surface area contributed by atoms with Crippen molar-refractivity contribution in [2.75, 3.05) is 5.75 Å². The number of unbranched alkanes of at least 4 members (excludes halogenated alkanes) is 1. The Morgan fingerprint density at radius 1 is 0.923 bits per heavy atom. The molecule has 0 radical (unpaired) electrons. The Morgan fingerprint density at radius 3 is 2.31 bits per heavy atom. The molecular formula is C30H41N7SSn. The average molecular weight is 650 g/mol. The summed E-state index contributed by atoms with van der Waals surface area (Å²) in [5, 5.41) is 25.6. The van der Waals surface area contributed by atoms with Gasteiger partial charge in [0.1, 0.15) is 5.82 Å². The number of thioether (sulfide) groups is 1. The number of benzene rings is 2. The summed E-state index contributed by atoms with van der Waals surface area (Å²) in [6.07, 6.45) is 10.1. The van der Waals surface area contributed by atoms with E-state index >= 15 is 0 Å². The first-order valence-corrected chi connectivity index (χ1v) is 23.8. The Morgan fingerprint density at radius 2 is 1.64 bits per heavy atom. The Kier molecular flexibility index (Phi) is 11.9. The van der Waals surface area contributed by atoms with Crippen LogP contribution in [0, 0.1) is 5.92 Å². The molecule has 2 aromatic heterocycles. The van der Waals surface area contributed by atoms with E-state index in [1.165, 1.54) is 37.7 Å². The summed E-state index contributed by atoms with van der Waals surface area (Å²) in [6.45, 7) is 3.02. The van der Waals surface area contributed by atoms with Crippen LogP contribution in [0.3, 0.4) is 0 Å². The molecular weight excluding hydrogens is 609 g/mol. The van der Waals surface area contributed by atoms with Crippen LogP contribution >= 0.6 is 11.8 Å². The third-order valence-electron chi connectivity index (χ3n) is 6.81. The summed E-state index contributed by atoms with van der Waals surface area (Å²) < 4.78 is 2.33. The number of aromatic nitrogens is 7. The molecule has 1 fully saturated rings. The standard InChI is InChI=1S/C27H32N7S.3CH3.Sn/c1-2-3-13-25-28-31-27(35-19-21-9-5-4-6-10-21)34(25)18-20-14-16-22(17-15-20)23-11-7-8-12-24(23)26-29-32-33-30-26;;;;/h7-8,11-12,14-17,21H,2-6,9-10,13,18-19H2,1H3;3*1H3;/q-1;;;;+1. The molecule has 0 atom stereocenters. The zero-order valence-corrected chi connectivity index (χ0v) is 27.5. The van der Waals surface area contributed by atoms with Gasteiger partial charge in [0.05, 0.1) is 6.54 Å². The molecule has 2 heterocycles.